The van der Waals surface area contributed by atoms with E-state index < -0.39 is 0 Å². The molecular weight excluding hydrogens is 288 g/mol. The standard InChI is InChI=1S/C15H23ClN4O/c1-17-15(19-8-9-21-11-13-2-3-13)18-7-6-12-4-5-14(16)20-10-12/h4-5,10,13H,2-3,6-9,11H2,1H3,(H2,17,18,19). The van der Waals surface area contributed by atoms with Gasteiger partial charge >= 0.3 is 0 Å². The van der Waals surface area contributed by atoms with Gasteiger partial charge in [0.2, 0.25) is 0 Å². The summed E-state index contributed by atoms with van der Waals surface area (Å²) in [5, 5.41) is 7.03. The summed E-state index contributed by atoms with van der Waals surface area (Å²) < 4.78 is 5.57. The summed E-state index contributed by atoms with van der Waals surface area (Å²) in [6, 6.07) is 3.79. The number of pyridine rings is 1. The molecule has 0 unspecified atom stereocenters. The van der Waals surface area contributed by atoms with Crippen molar-refractivity contribution in [3.05, 3.63) is 29.0 Å². The molecule has 1 aromatic heterocycles. The Morgan fingerprint density at radius 3 is 2.86 bits per heavy atom. The van der Waals surface area contributed by atoms with Crippen LogP contribution in [-0.4, -0.2) is 44.3 Å². The van der Waals surface area contributed by atoms with Gasteiger partial charge in [-0.3, -0.25) is 4.99 Å². The van der Waals surface area contributed by atoms with E-state index in [-0.39, 0.29) is 0 Å². The third-order valence-corrected chi connectivity index (χ3v) is 3.53. The van der Waals surface area contributed by atoms with E-state index in [0.717, 1.165) is 50.2 Å². The second-order valence-electron chi connectivity index (χ2n) is 5.18. The molecule has 1 aliphatic carbocycles. The molecule has 1 heterocycles. The molecule has 21 heavy (non-hydrogen) atoms. The van der Waals surface area contributed by atoms with E-state index in [1.54, 1.807) is 19.3 Å². The van der Waals surface area contributed by atoms with Crippen molar-refractivity contribution in [2.75, 3.05) is 33.4 Å². The van der Waals surface area contributed by atoms with Crippen LogP contribution in [0, 0.1) is 5.92 Å². The first-order chi connectivity index (χ1) is 10.3. The maximum Gasteiger partial charge on any atom is 0.191 e. The molecule has 0 radical (unpaired) electrons. The van der Waals surface area contributed by atoms with Gasteiger partial charge in [-0.15, -0.1) is 0 Å². The Hall–Kier alpha value is -1.33. The van der Waals surface area contributed by atoms with Crippen LogP contribution in [0.4, 0.5) is 0 Å². The van der Waals surface area contributed by atoms with Gasteiger partial charge in [0, 0.05) is 32.9 Å². The number of hydrogen-bond acceptors (Lipinski definition) is 3. The molecule has 5 nitrogen and oxygen atoms in total. The highest BCUT2D eigenvalue weighted by Crippen LogP contribution is 2.28. The molecule has 1 saturated carbocycles. The van der Waals surface area contributed by atoms with Crippen molar-refractivity contribution in [2.24, 2.45) is 10.9 Å². The van der Waals surface area contributed by atoms with Crippen LogP contribution >= 0.6 is 11.6 Å². The van der Waals surface area contributed by atoms with Gasteiger partial charge < -0.3 is 15.4 Å². The highest BCUT2D eigenvalue weighted by molar-refractivity contribution is 6.29. The summed E-state index contributed by atoms with van der Waals surface area (Å²) in [7, 11) is 1.77. The van der Waals surface area contributed by atoms with Crippen LogP contribution < -0.4 is 10.6 Å². The predicted molar refractivity (Wildman–Crippen MR) is 85.9 cm³/mol. The van der Waals surface area contributed by atoms with E-state index in [9.17, 15) is 0 Å². The molecule has 1 aromatic rings. The number of guanidine groups is 1. The molecule has 0 aromatic carbocycles. The van der Waals surface area contributed by atoms with Gasteiger partial charge in [0.05, 0.1) is 6.61 Å². The summed E-state index contributed by atoms with van der Waals surface area (Å²) in [6.45, 7) is 3.19. The van der Waals surface area contributed by atoms with Crippen LogP contribution in [0.3, 0.4) is 0 Å². The van der Waals surface area contributed by atoms with Gasteiger partial charge in [0.25, 0.3) is 0 Å². The largest absolute Gasteiger partial charge is 0.379 e. The van der Waals surface area contributed by atoms with Crippen molar-refractivity contribution >= 4 is 17.6 Å². The molecule has 0 spiro atoms. The molecule has 0 saturated heterocycles. The van der Waals surface area contributed by atoms with E-state index in [2.05, 4.69) is 20.6 Å². The Labute approximate surface area is 131 Å². The Kier molecular flexibility index (Phi) is 6.76. The van der Waals surface area contributed by atoms with Crippen LogP contribution in [-0.2, 0) is 11.2 Å². The fourth-order valence-electron chi connectivity index (χ4n) is 1.88. The number of aliphatic imine (C=N–C) groups is 1. The number of aromatic nitrogens is 1. The van der Waals surface area contributed by atoms with Gasteiger partial charge in [-0.2, -0.15) is 0 Å². The molecular formula is C15H23ClN4O. The van der Waals surface area contributed by atoms with Crippen LogP contribution in [0.25, 0.3) is 0 Å². The second-order valence-corrected chi connectivity index (χ2v) is 5.57. The fourth-order valence-corrected chi connectivity index (χ4v) is 1.99. The molecule has 6 heteroatoms. The summed E-state index contributed by atoms with van der Waals surface area (Å²) in [5.41, 5.74) is 1.15. The Morgan fingerprint density at radius 2 is 2.19 bits per heavy atom. The highest BCUT2D eigenvalue weighted by atomic mass is 35.5. The minimum absolute atomic E-state index is 0.524. The molecule has 0 aliphatic heterocycles. The van der Waals surface area contributed by atoms with Crippen molar-refractivity contribution in [3.63, 3.8) is 0 Å². The third-order valence-electron chi connectivity index (χ3n) is 3.31. The molecule has 2 N–H and O–H groups in total. The maximum atomic E-state index is 5.76. The van der Waals surface area contributed by atoms with Gasteiger partial charge in [-0.25, -0.2) is 4.98 Å². The minimum atomic E-state index is 0.524. The topological polar surface area (TPSA) is 58.5 Å². The lowest BCUT2D eigenvalue weighted by Gasteiger charge is -2.12. The average Bonchev–Trinajstić information content (AvgIpc) is 3.31. The maximum absolute atomic E-state index is 5.76. The van der Waals surface area contributed by atoms with E-state index in [4.69, 9.17) is 16.3 Å². The van der Waals surface area contributed by atoms with Gasteiger partial charge in [-0.05, 0) is 36.8 Å². The Bertz CT molecular complexity index is 445. The molecule has 116 valence electrons. The number of rotatable bonds is 8. The summed E-state index contributed by atoms with van der Waals surface area (Å²) in [4.78, 5) is 8.24. The molecule has 2 rings (SSSR count). The van der Waals surface area contributed by atoms with Crippen LogP contribution in [0.15, 0.2) is 23.3 Å². The molecule has 0 atom stereocenters. The molecule has 1 aliphatic rings. The van der Waals surface area contributed by atoms with Crippen molar-refractivity contribution in [1.82, 2.24) is 15.6 Å². The fraction of sp³-hybridized carbons (Fsp3) is 0.600. The minimum Gasteiger partial charge on any atom is -0.379 e. The highest BCUT2D eigenvalue weighted by Gasteiger charge is 2.20. The number of hydrogen-bond donors (Lipinski definition) is 2. The zero-order valence-electron chi connectivity index (χ0n) is 12.4. The Balaban J connectivity index is 1.55. The summed E-state index contributed by atoms with van der Waals surface area (Å²) >= 11 is 5.76. The first-order valence-electron chi connectivity index (χ1n) is 7.40. The van der Waals surface area contributed by atoms with Crippen molar-refractivity contribution < 1.29 is 4.74 Å². The van der Waals surface area contributed by atoms with E-state index >= 15 is 0 Å². The molecule has 0 bridgehead atoms. The monoisotopic (exact) mass is 310 g/mol. The summed E-state index contributed by atoms with van der Waals surface area (Å²) in [6.07, 6.45) is 5.33. The average molecular weight is 311 g/mol. The first kappa shape index (κ1) is 16.0. The van der Waals surface area contributed by atoms with E-state index in [1.807, 2.05) is 6.07 Å². The lowest BCUT2D eigenvalue weighted by molar-refractivity contribution is 0.129. The normalized spacial score (nSPS) is 15.0. The summed E-state index contributed by atoms with van der Waals surface area (Å²) in [5.74, 6) is 1.61. The first-order valence-corrected chi connectivity index (χ1v) is 7.78. The van der Waals surface area contributed by atoms with E-state index in [1.165, 1.54) is 12.8 Å². The smallest absolute Gasteiger partial charge is 0.191 e. The number of ether oxygens (including phenoxy) is 1. The van der Waals surface area contributed by atoms with Crippen LogP contribution in [0.5, 0.6) is 0 Å². The van der Waals surface area contributed by atoms with Gasteiger partial charge in [0.15, 0.2) is 5.96 Å². The number of nitrogens with one attached hydrogen (secondary N) is 2. The lowest BCUT2D eigenvalue weighted by Crippen LogP contribution is -2.39. The zero-order valence-corrected chi connectivity index (χ0v) is 13.2. The van der Waals surface area contributed by atoms with E-state index in [0.29, 0.717) is 5.15 Å². The SMILES string of the molecule is CN=C(NCCOCC1CC1)NCCc1ccc(Cl)nc1. The lowest BCUT2D eigenvalue weighted by atomic mass is 10.2. The van der Waals surface area contributed by atoms with Gasteiger partial charge in [0.1, 0.15) is 5.15 Å². The van der Waals surface area contributed by atoms with Crippen molar-refractivity contribution in [2.45, 2.75) is 19.3 Å². The molecule has 1 fully saturated rings. The Morgan fingerprint density at radius 1 is 1.38 bits per heavy atom. The zero-order chi connectivity index (χ0) is 14.9. The second kappa shape index (κ2) is 8.85. The quantitative estimate of drug-likeness (QED) is 0.333. The number of halogens is 1. The third kappa shape index (κ3) is 6.78. The molecule has 0 amide bonds. The predicted octanol–water partition coefficient (Wildman–Crippen LogP) is 1.87. The number of nitrogens with zero attached hydrogens (tertiary/aromatic N) is 2. The van der Waals surface area contributed by atoms with Crippen molar-refractivity contribution in [1.29, 1.82) is 0 Å². The van der Waals surface area contributed by atoms with Crippen molar-refractivity contribution in [3.8, 4) is 0 Å². The van der Waals surface area contributed by atoms with Crippen LogP contribution in [0.1, 0.15) is 18.4 Å². The van der Waals surface area contributed by atoms with Crippen LogP contribution in [0.2, 0.25) is 5.15 Å². The van der Waals surface area contributed by atoms with Gasteiger partial charge in [-0.1, -0.05) is 17.7 Å².